The Kier molecular flexibility index (Phi) is 3.55. The highest BCUT2D eigenvalue weighted by atomic mass is 19.3. The molecule has 1 heterocycles. The van der Waals surface area contributed by atoms with Crippen LogP contribution in [0.1, 0.15) is 5.56 Å². The van der Waals surface area contributed by atoms with Gasteiger partial charge >= 0.3 is 0 Å². The molecule has 18 heavy (non-hydrogen) atoms. The van der Waals surface area contributed by atoms with Crippen LogP contribution < -0.4 is 0 Å². The van der Waals surface area contributed by atoms with Gasteiger partial charge in [-0.05, 0) is 24.3 Å². The van der Waals surface area contributed by atoms with Crippen LogP contribution in [-0.4, -0.2) is 17.9 Å². The maximum Gasteiger partial charge on any atom is 0.256 e. The number of benzene rings is 1. The number of nitrogens with zero attached hydrogens (tertiary/aromatic N) is 1. The van der Waals surface area contributed by atoms with Gasteiger partial charge in [-0.25, -0.2) is 13.2 Å². The number of halogens is 3. The quantitative estimate of drug-likeness (QED) is 0.789. The normalized spacial score (nSPS) is 15.2. The minimum Gasteiger partial charge on any atom is -0.336 e. The van der Waals surface area contributed by atoms with Crippen molar-refractivity contribution >= 4 is 5.70 Å². The highest BCUT2D eigenvalue weighted by molar-refractivity contribution is 5.69. The first-order valence-electron chi connectivity index (χ1n) is 5.47. The molecule has 94 valence electrons. The zero-order chi connectivity index (χ0) is 13.1. The van der Waals surface area contributed by atoms with Crippen molar-refractivity contribution < 1.29 is 13.2 Å². The van der Waals surface area contributed by atoms with E-state index in [1.54, 1.807) is 36.4 Å². The molecule has 0 amide bonds. The number of hydrogen-bond donors (Lipinski definition) is 0. The van der Waals surface area contributed by atoms with Crippen molar-refractivity contribution in [2.75, 3.05) is 6.54 Å². The van der Waals surface area contributed by atoms with Gasteiger partial charge in [0.15, 0.2) is 0 Å². The Bertz CT molecular complexity index is 518. The molecule has 0 atom stereocenters. The van der Waals surface area contributed by atoms with E-state index in [2.05, 4.69) is 6.58 Å². The van der Waals surface area contributed by atoms with Crippen molar-refractivity contribution in [2.45, 2.75) is 6.43 Å². The van der Waals surface area contributed by atoms with Gasteiger partial charge in [0.1, 0.15) is 5.82 Å². The first-order chi connectivity index (χ1) is 8.59. The SMILES string of the molecule is C=C1C=CC=C(c2ccccc2F)N1CC(F)F. The zero-order valence-electron chi connectivity index (χ0n) is 9.61. The van der Waals surface area contributed by atoms with Gasteiger partial charge in [0.25, 0.3) is 6.43 Å². The predicted molar refractivity (Wildman–Crippen MR) is 65.4 cm³/mol. The van der Waals surface area contributed by atoms with E-state index < -0.39 is 18.8 Å². The van der Waals surface area contributed by atoms with E-state index >= 15 is 0 Å². The van der Waals surface area contributed by atoms with Gasteiger partial charge in [-0.2, -0.15) is 0 Å². The van der Waals surface area contributed by atoms with Gasteiger partial charge in [-0.1, -0.05) is 24.8 Å². The molecule has 0 bridgehead atoms. The van der Waals surface area contributed by atoms with Gasteiger partial charge in [-0.3, -0.25) is 0 Å². The van der Waals surface area contributed by atoms with Gasteiger partial charge in [0, 0.05) is 11.3 Å². The fourth-order valence-corrected chi connectivity index (χ4v) is 1.84. The summed E-state index contributed by atoms with van der Waals surface area (Å²) in [6.07, 6.45) is 2.39. The van der Waals surface area contributed by atoms with Gasteiger partial charge in [0.05, 0.1) is 12.2 Å². The molecule has 0 spiro atoms. The molecule has 2 rings (SSSR count). The standard InChI is InChI=1S/C14H12F3N/c1-10-5-4-8-13(18(10)9-14(16)17)11-6-2-3-7-12(11)15/h2-8,14H,1,9H2. The topological polar surface area (TPSA) is 3.24 Å². The molecule has 1 nitrogen and oxygen atoms in total. The molecule has 1 aliphatic rings. The lowest BCUT2D eigenvalue weighted by atomic mass is 10.1. The summed E-state index contributed by atoms with van der Waals surface area (Å²) in [6, 6.07) is 6.09. The van der Waals surface area contributed by atoms with Crippen molar-refractivity contribution in [2.24, 2.45) is 0 Å². The lowest BCUT2D eigenvalue weighted by Gasteiger charge is -2.29. The lowest BCUT2D eigenvalue weighted by molar-refractivity contribution is 0.123. The van der Waals surface area contributed by atoms with Gasteiger partial charge in [0.2, 0.25) is 0 Å². The Hall–Kier alpha value is -1.97. The third kappa shape index (κ3) is 2.47. The molecular formula is C14H12F3N. The minimum absolute atomic E-state index is 0.295. The van der Waals surface area contributed by atoms with Crippen molar-refractivity contribution in [3.8, 4) is 0 Å². The molecule has 1 aromatic rings. The first kappa shape index (κ1) is 12.5. The second-order valence-electron chi connectivity index (χ2n) is 3.88. The van der Waals surface area contributed by atoms with E-state index in [0.29, 0.717) is 17.0 Å². The van der Waals surface area contributed by atoms with E-state index in [0.717, 1.165) is 0 Å². The van der Waals surface area contributed by atoms with Crippen molar-refractivity contribution in [1.29, 1.82) is 0 Å². The lowest BCUT2D eigenvalue weighted by Crippen LogP contribution is -2.27. The Morgan fingerprint density at radius 2 is 1.94 bits per heavy atom. The van der Waals surface area contributed by atoms with Crippen molar-refractivity contribution in [3.63, 3.8) is 0 Å². The van der Waals surface area contributed by atoms with Gasteiger partial charge in [-0.15, -0.1) is 0 Å². The average molecular weight is 251 g/mol. The van der Waals surface area contributed by atoms with E-state index in [1.807, 2.05) is 0 Å². The van der Waals surface area contributed by atoms with E-state index in [4.69, 9.17) is 0 Å². The van der Waals surface area contributed by atoms with Crippen LogP contribution in [0, 0.1) is 5.82 Å². The van der Waals surface area contributed by atoms with Crippen LogP contribution in [0.15, 0.2) is 54.8 Å². The van der Waals surface area contributed by atoms with Crippen LogP contribution in [0.4, 0.5) is 13.2 Å². The summed E-state index contributed by atoms with van der Waals surface area (Å²) in [4.78, 5) is 1.32. The minimum atomic E-state index is -2.51. The summed E-state index contributed by atoms with van der Waals surface area (Å²) in [6.45, 7) is 3.20. The molecular weight excluding hydrogens is 239 g/mol. The van der Waals surface area contributed by atoms with Crippen LogP contribution in [0.3, 0.4) is 0 Å². The molecule has 0 saturated carbocycles. The molecule has 1 aliphatic heterocycles. The predicted octanol–water partition coefficient (Wildman–Crippen LogP) is 3.82. The Balaban J connectivity index is 2.40. The van der Waals surface area contributed by atoms with E-state index in [1.165, 1.54) is 11.0 Å². The second-order valence-corrected chi connectivity index (χ2v) is 3.88. The number of allylic oxidation sites excluding steroid dienone is 3. The fourth-order valence-electron chi connectivity index (χ4n) is 1.84. The summed E-state index contributed by atoms with van der Waals surface area (Å²) in [7, 11) is 0. The van der Waals surface area contributed by atoms with Crippen LogP contribution in [-0.2, 0) is 0 Å². The monoisotopic (exact) mass is 251 g/mol. The molecule has 0 saturated heterocycles. The molecule has 0 N–H and O–H groups in total. The third-order valence-corrected chi connectivity index (χ3v) is 2.65. The Morgan fingerprint density at radius 1 is 1.22 bits per heavy atom. The van der Waals surface area contributed by atoms with Gasteiger partial charge < -0.3 is 4.90 Å². The highest BCUT2D eigenvalue weighted by Gasteiger charge is 2.21. The van der Waals surface area contributed by atoms with Crippen LogP contribution in [0.5, 0.6) is 0 Å². The maximum atomic E-state index is 13.7. The molecule has 1 aromatic carbocycles. The Morgan fingerprint density at radius 3 is 2.61 bits per heavy atom. The number of alkyl halides is 2. The van der Waals surface area contributed by atoms with Crippen molar-refractivity contribution in [3.05, 3.63) is 66.2 Å². The molecule has 0 radical (unpaired) electrons. The molecule has 0 aliphatic carbocycles. The molecule has 0 unspecified atom stereocenters. The summed E-state index contributed by atoms with van der Waals surface area (Å²) in [5, 5.41) is 0. The average Bonchev–Trinajstić information content (AvgIpc) is 2.32. The fraction of sp³-hybridized carbons (Fsp3) is 0.143. The third-order valence-electron chi connectivity index (χ3n) is 2.65. The highest BCUT2D eigenvalue weighted by Crippen LogP contribution is 2.29. The first-order valence-corrected chi connectivity index (χ1v) is 5.47. The van der Waals surface area contributed by atoms with Crippen LogP contribution in [0.25, 0.3) is 5.70 Å². The largest absolute Gasteiger partial charge is 0.336 e. The maximum absolute atomic E-state index is 13.7. The Labute approximate surface area is 104 Å². The molecule has 4 heteroatoms. The molecule has 0 aromatic heterocycles. The van der Waals surface area contributed by atoms with Crippen molar-refractivity contribution in [1.82, 2.24) is 4.90 Å². The smallest absolute Gasteiger partial charge is 0.256 e. The van der Waals surface area contributed by atoms with Crippen LogP contribution >= 0.6 is 0 Å². The summed E-state index contributed by atoms with van der Waals surface area (Å²) < 4.78 is 38.8. The van der Waals surface area contributed by atoms with E-state index in [-0.39, 0.29) is 0 Å². The second kappa shape index (κ2) is 5.12. The number of rotatable bonds is 3. The summed E-state index contributed by atoms with van der Waals surface area (Å²) in [5.74, 6) is -0.439. The van der Waals surface area contributed by atoms with Crippen LogP contribution in [0.2, 0.25) is 0 Å². The zero-order valence-corrected chi connectivity index (χ0v) is 9.61. The molecule has 0 fully saturated rings. The summed E-state index contributed by atoms with van der Waals surface area (Å²) >= 11 is 0. The number of hydrogen-bond acceptors (Lipinski definition) is 1. The van der Waals surface area contributed by atoms with E-state index in [9.17, 15) is 13.2 Å². The summed E-state index contributed by atoms with van der Waals surface area (Å²) in [5.41, 5.74) is 1.13.